The molecule has 0 aromatic heterocycles. The van der Waals surface area contributed by atoms with Gasteiger partial charge in [-0.1, -0.05) is 12.2 Å². The number of hydrogen-bond donors (Lipinski definition) is 2. The van der Waals surface area contributed by atoms with Gasteiger partial charge in [-0.2, -0.15) is 0 Å². The summed E-state index contributed by atoms with van der Waals surface area (Å²) in [6, 6.07) is 6.07. The van der Waals surface area contributed by atoms with Gasteiger partial charge in [-0.15, -0.1) is 13.2 Å². The number of aromatic hydroxyl groups is 1. The lowest BCUT2D eigenvalue weighted by Gasteiger charge is -2.19. The van der Waals surface area contributed by atoms with Crippen LogP contribution in [-0.4, -0.2) is 29.1 Å². The minimum Gasteiger partial charge on any atom is -0.508 e. The highest BCUT2D eigenvalue weighted by Crippen LogP contribution is 2.09. The van der Waals surface area contributed by atoms with E-state index in [2.05, 4.69) is 18.6 Å². The summed E-state index contributed by atoms with van der Waals surface area (Å²) < 4.78 is 0. The minimum absolute atomic E-state index is 0.135. The Morgan fingerprint density at radius 3 is 2.24 bits per heavy atom. The lowest BCUT2D eigenvalue weighted by atomic mass is 10.2. The van der Waals surface area contributed by atoms with Crippen molar-refractivity contribution < 1.29 is 9.90 Å². The largest absolute Gasteiger partial charge is 0.508 e. The Hall–Kier alpha value is -2.07. The Kier molecular flexibility index (Phi) is 4.97. The van der Waals surface area contributed by atoms with E-state index in [1.807, 2.05) is 0 Å². The molecular formula is C13H16N2O2. The third-order valence-corrected chi connectivity index (χ3v) is 2.09. The molecule has 1 rings (SSSR count). The molecule has 0 unspecified atom stereocenters. The molecule has 0 radical (unpaired) electrons. The Balaban J connectivity index is 2.65. The van der Waals surface area contributed by atoms with Crippen LogP contribution in [0, 0.1) is 0 Å². The number of carbonyl (C=O) groups is 1. The molecule has 0 heterocycles. The summed E-state index contributed by atoms with van der Waals surface area (Å²) in [4.78, 5) is 11.8. The Morgan fingerprint density at radius 1 is 1.24 bits per heavy atom. The predicted molar refractivity (Wildman–Crippen MR) is 67.5 cm³/mol. The molecule has 17 heavy (non-hydrogen) atoms. The zero-order valence-electron chi connectivity index (χ0n) is 9.60. The summed E-state index contributed by atoms with van der Waals surface area (Å²) in [6.07, 6.45) is 3.39. The van der Waals surface area contributed by atoms with E-state index >= 15 is 0 Å². The number of carbonyl (C=O) groups excluding carboxylic acids is 1. The van der Waals surface area contributed by atoms with Crippen molar-refractivity contribution in [1.29, 1.82) is 0 Å². The topological polar surface area (TPSA) is 52.6 Å². The fraction of sp³-hybridized carbons (Fsp3) is 0.154. The van der Waals surface area contributed by atoms with E-state index in [0.717, 1.165) is 0 Å². The molecular weight excluding hydrogens is 216 g/mol. The third-order valence-electron chi connectivity index (χ3n) is 2.09. The Morgan fingerprint density at radius 2 is 1.76 bits per heavy atom. The highest BCUT2D eigenvalue weighted by molar-refractivity contribution is 5.93. The SMILES string of the molecule is C=CCN(CC=C)NC(=O)c1ccc(O)cc1. The number of benzene rings is 1. The van der Waals surface area contributed by atoms with Crippen molar-refractivity contribution >= 4 is 5.91 Å². The van der Waals surface area contributed by atoms with Crippen LogP contribution < -0.4 is 5.43 Å². The molecule has 0 aliphatic carbocycles. The highest BCUT2D eigenvalue weighted by atomic mass is 16.3. The summed E-state index contributed by atoms with van der Waals surface area (Å²) in [6.45, 7) is 8.30. The van der Waals surface area contributed by atoms with Crippen molar-refractivity contribution in [2.45, 2.75) is 0 Å². The molecule has 90 valence electrons. The Labute approximate surface area is 101 Å². The number of nitrogens with zero attached hydrogens (tertiary/aromatic N) is 1. The molecule has 0 saturated heterocycles. The maximum atomic E-state index is 11.8. The van der Waals surface area contributed by atoms with Crippen LogP contribution in [0.1, 0.15) is 10.4 Å². The summed E-state index contributed by atoms with van der Waals surface area (Å²) in [5, 5.41) is 10.8. The number of phenolic OH excluding ortho intramolecular Hbond substituents is 1. The highest BCUT2D eigenvalue weighted by Gasteiger charge is 2.08. The number of amides is 1. The first-order valence-corrected chi connectivity index (χ1v) is 5.24. The molecule has 0 bridgehead atoms. The van der Waals surface area contributed by atoms with E-state index < -0.39 is 0 Å². The average Bonchev–Trinajstić information content (AvgIpc) is 2.30. The number of hydrogen-bond acceptors (Lipinski definition) is 3. The summed E-state index contributed by atoms with van der Waals surface area (Å²) in [7, 11) is 0. The predicted octanol–water partition coefficient (Wildman–Crippen LogP) is 1.71. The van der Waals surface area contributed by atoms with Crippen molar-refractivity contribution in [3.63, 3.8) is 0 Å². The summed E-state index contributed by atoms with van der Waals surface area (Å²) in [5.41, 5.74) is 3.21. The molecule has 0 aliphatic heterocycles. The monoisotopic (exact) mass is 232 g/mol. The van der Waals surface area contributed by atoms with Gasteiger partial charge in [-0.25, -0.2) is 5.01 Å². The smallest absolute Gasteiger partial charge is 0.265 e. The van der Waals surface area contributed by atoms with Crippen molar-refractivity contribution in [1.82, 2.24) is 10.4 Å². The van der Waals surface area contributed by atoms with Gasteiger partial charge in [0, 0.05) is 18.7 Å². The van der Waals surface area contributed by atoms with E-state index in [1.165, 1.54) is 12.1 Å². The first kappa shape index (κ1) is 13.0. The van der Waals surface area contributed by atoms with Gasteiger partial charge >= 0.3 is 0 Å². The summed E-state index contributed by atoms with van der Waals surface area (Å²) in [5.74, 6) is -0.0933. The molecule has 4 heteroatoms. The van der Waals surface area contributed by atoms with Gasteiger partial charge in [0.05, 0.1) is 0 Å². The fourth-order valence-corrected chi connectivity index (χ4v) is 1.30. The first-order valence-electron chi connectivity index (χ1n) is 5.24. The normalized spacial score (nSPS) is 9.94. The van der Waals surface area contributed by atoms with Crippen LogP contribution >= 0.6 is 0 Å². The molecule has 0 aliphatic rings. The van der Waals surface area contributed by atoms with E-state index in [0.29, 0.717) is 18.7 Å². The number of phenols is 1. The second-order valence-electron chi connectivity index (χ2n) is 3.47. The molecule has 4 nitrogen and oxygen atoms in total. The quantitative estimate of drug-likeness (QED) is 0.580. The standard InChI is InChI=1S/C13H16N2O2/c1-3-9-15(10-4-2)14-13(17)11-5-7-12(16)8-6-11/h3-8,16H,1-2,9-10H2,(H,14,17). The molecule has 1 amide bonds. The van der Waals surface area contributed by atoms with E-state index in [-0.39, 0.29) is 11.7 Å². The van der Waals surface area contributed by atoms with Crippen molar-refractivity contribution in [3.8, 4) is 5.75 Å². The minimum atomic E-state index is -0.228. The van der Waals surface area contributed by atoms with Crippen molar-refractivity contribution in [2.24, 2.45) is 0 Å². The van der Waals surface area contributed by atoms with Crippen LogP contribution in [0.3, 0.4) is 0 Å². The third kappa shape index (κ3) is 4.12. The Bertz CT molecular complexity index is 388. The number of hydrazine groups is 1. The maximum Gasteiger partial charge on any atom is 0.265 e. The lowest BCUT2D eigenvalue weighted by Crippen LogP contribution is -2.42. The molecule has 2 N–H and O–H groups in total. The van der Waals surface area contributed by atoms with Gasteiger partial charge in [0.1, 0.15) is 5.75 Å². The molecule has 1 aromatic rings. The van der Waals surface area contributed by atoms with E-state index in [1.54, 1.807) is 29.3 Å². The lowest BCUT2D eigenvalue weighted by molar-refractivity contribution is 0.0824. The molecule has 0 fully saturated rings. The fourth-order valence-electron chi connectivity index (χ4n) is 1.30. The van der Waals surface area contributed by atoms with E-state index in [4.69, 9.17) is 5.11 Å². The van der Waals surface area contributed by atoms with Crippen LogP contribution in [0.5, 0.6) is 5.75 Å². The van der Waals surface area contributed by atoms with Crippen LogP contribution in [0.25, 0.3) is 0 Å². The zero-order valence-corrected chi connectivity index (χ0v) is 9.60. The molecule has 0 saturated carbocycles. The van der Waals surface area contributed by atoms with Crippen LogP contribution in [0.4, 0.5) is 0 Å². The second-order valence-corrected chi connectivity index (χ2v) is 3.47. The van der Waals surface area contributed by atoms with Crippen LogP contribution in [0.2, 0.25) is 0 Å². The van der Waals surface area contributed by atoms with Crippen LogP contribution in [0.15, 0.2) is 49.6 Å². The summed E-state index contributed by atoms with van der Waals surface area (Å²) >= 11 is 0. The maximum absolute atomic E-state index is 11.8. The van der Waals surface area contributed by atoms with Crippen LogP contribution in [-0.2, 0) is 0 Å². The van der Waals surface area contributed by atoms with Gasteiger partial charge in [0.2, 0.25) is 0 Å². The van der Waals surface area contributed by atoms with Gasteiger partial charge in [0.25, 0.3) is 5.91 Å². The second kappa shape index (κ2) is 6.50. The van der Waals surface area contributed by atoms with Gasteiger partial charge in [-0.05, 0) is 24.3 Å². The zero-order chi connectivity index (χ0) is 12.7. The molecule has 1 aromatic carbocycles. The molecule has 0 atom stereocenters. The van der Waals surface area contributed by atoms with Gasteiger partial charge < -0.3 is 5.11 Å². The first-order chi connectivity index (χ1) is 8.17. The number of nitrogens with one attached hydrogen (secondary N) is 1. The van der Waals surface area contributed by atoms with E-state index in [9.17, 15) is 4.79 Å². The van der Waals surface area contributed by atoms with Crippen molar-refractivity contribution in [3.05, 3.63) is 55.1 Å². The number of rotatable bonds is 6. The average molecular weight is 232 g/mol. The van der Waals surface area contributed by atoms with Crippen molar-refractivity contribution in [2.75, 3.05) is 13.1 Å². The van der Waals surface area contributed by atoms with Gasteiger partial charge in [-0.3, -0.25) is 10.2 Å². The molecule has 0 spiro atoms. The van der Waals surface area contributed by atoms with Gasteiger partial charge in [0.15, 0.2) is 0 Å².